The molecule has 0 saturated carbocycles. The lowest BCUT2D eigenvalue weighted by atomic mass is 10.0. The van der Waals surface area contributed by atoms with Crippen LogP contribution in [0.25, 0.3) is 0 Å². The molecule has 0 unspecified atom stereocenters. The van der Waals surface area contributed by atoms with Gasteiger partial charge in [0.15, 0.2) is 0 Å². The Bertz CT molecular complexity index is 803. The SMILES string of the molecule is O=C(NN=C(c1ccccc1)c1cccnc1)c1ccc(O)cc1. The lowest BCUT2D eigenvalue weighted by Crippen LogP contribution is -2.20. The fourth-order valence-electron chi connectivity index (χ4n) is 2.18. The second-order valence-corrected chi connectivity index (χ2v) is 5.06. The highest BCUT2D eigenvalue weighted by Gasteiger charge is 2.09. The van der Waals surface area contributed by atoms with Crippen molar-refractivity contribution >= 4 is 11.6 Å². The third-order valence-electron chi connectivity index (χ3n) is 3.38. The first-order valence-electron chi connectivity index (χ1n) is 7.37. The lowest BCUT2D eigenvalue weighted by molar-refractivity contribution is 0.0955. The van der Waals surface area contributed by atoms with E-state index in [-0.39, 0.29) is 11.7 Å². The van der Waals surface area contributed by atoms with E-state index in [0.717, 1.165) is 11.1 Å². The zero-order valence-corrected chi connectivity index (χ0v) is 12.8. The van der Waals surface area contributed by atoms with Gasteiger partial charge in [-0.15, -0.1) is 0 Å². The highest BCUT2D eigenvalue weighted by Crippen LogP contribution is 2.11. The molecule has 0 aliphatic heterocycles. The molecule has 0 aliphatic rings. The first-order chi connectivity index (χ1) is 11.7. The van der Waals surface area contributed by atoms with Crippen molar-refractivity contribution in [2.24, 2.45) is 5.10 Å². The van der Waals surface area contributed by atoms with Gasteiger partial charge in [0, 0.05) is 29.1 Å². The first-order valence-corrected chi connectivity index (χ1v) is 7.37. The first kappa shape index (κ1) is 15.4. The summed E-state index contributed by atoms with van der Waals surface area (Å²) in [5, 5.41) is 13.6. The van der Waals surface area contributed by atoms with Gasteiger partial charge in [0.25, 0.3) is 5.91 Å². The third-order valence-corrected chi connectivity index (χ3v) is 3.38. The van der Waals surface area contributed by atoms with Crippen LogP contribution < -0.4 is 5.43 Å². The van der Waals surface area contributed by atoms with Crippen molar-refractivity contribution in [3.8, 4) is 5.75 Å². The summed E-state index contributed by atoms with van der Waals surface area (Å²) >= 11 is 0. The quantitative estimate of drug-likeness (QED) is 0.574. The lowest BCUT2D eigenvalue weighted by Gasteiger charge is -2.07. The van der Waals surface area contributed by atoms with Gasteiger partial charge in [-0.2, -0.15) is 5.10 Å². The molecule has 0 radical (unpaired) electrons. The van der Waals surface area contributed by atoms with Crippen LogP contribution in [0.15, 0.2) is 84.2 Å². The number of aromatic hydroxyl groups is 1. The van der Waals surface area contributed by atoms with Crippen LogP contribution in [0.2, 0.25) is 0 Å². The van der Waals surface area contributed by atoms with E-state index in [2.05, 4.69) is 15.5 Å². The highest BCUT2D eigenvalue weighted by molar-refractivity contribution is 6.13. The monoisotopic (exact) mass is 317 g/mol. The number of rotatable bonds is 4. The van der Waals surface area contributed by atoms with Gasteiger partial charge in [0.1, 0.15) is 5.75 Å². The number of phenols is 1. The van der Waals surface area contributed by atoms with E-state index in [9.17, 15) is 9.90 Å². The summed E-state index contributed by atoms with van der Waals surface area (Å²) in [5.41, 5.74) is 5.26. The van der Waals surface area contributed by atoms with Gasteiger partial charge in [-0.25, -0.2) is 5.43 Å². The van der Waals surface area contributed by atoms with Crippen LogP contribution in [0.3, 0.4) is 0 Å². The van der Waals surface area contributed by atoms with Crippen molar-refractivity contribution in [2.45, 2.75) is 0 Å². The maximum Gasteiger partial charge on any atom is 0.271 e. The van der Waals surface area contributed by atoms with Crippen LogP contribution in [0.4, 0.5) is 0 Å². The Morgan fingerprint density at radius 2 is 1.58 bits per heavy atom. The molecule has 1 aromatic heterocycles. The number of benzene rings is 2. The Kier molecular flexibility index (Phi) is 4.62. The second kappa shape index (κ2) is 7.19. The normalized spacial score (nSPS) is 11.1. The van der Waals surface area contributed by atoms with Crippen molar-refractivity contribution in [1.82, 2.24) is 10.4 Å². The van der Waals surface area contributed by atoms with Crippen LogP contribution in [0.1, 0.15) is 21.5 Å². The molecular formula is C19H15N3O2. The maximum atomic E-state index is 12.2. The smallest absolute Gasteiger partial charge is 0.271 e. The Morgan fingerprint density at radius 3 is 2.25 bits per heavy atom. The number of hydrazone groups is 1. The van der Waals surface area contributed by atoms with Gasteiger partial charge in [0.2, 0.25) is 0 Å². The summed E-state index contributed by atoms with van der Waals surface area (Å²) in [7, 11) is 0. The molecule has 118 valence electrons. The van der Waals surface area contributed by atoms with E-state index in [1.165, 1.54) is 24.3 Å². The number of amides is 1. The highest BCUT2D eigenvalue weighted by atomic mass is 16.3. The van der Waals surface area contributed by atoms with Crippen molar-refractivity contribution in [3.63, 3.8) is 0 Å². The van der Waals surface area contributed by atoms with Gasteiger partial charge in [-0.3, -0.25) is 9.78 Å². The zero-order chi connectivity index (χ0) is 16.8. The van der Waals surface area contributed by atoms with Gasteiger partial charge >= 0.3 is 0 Å². The van der Waals surface area contributed by atoms with E-state index in [1.807, 2.05) is 42.5 Å². The minimum atomic E-state index is -0.354. The minimum Gasteiger partial charge on any atom is -0.508 e. The van der Waals surface area contributed by atoms with Crippen molar-refractivity contribution < 1.29 is 9.90 Å². The Balaban J connectivity index is 1.90. The van der Waals surface area contributed by atoms with Gasteiger partial charge in [-0.05, 0) is 36.4 Å². The molecule has 0 atom stereocenters. The topological polar surface area (TPSA) is 74.6 Å². The van der Waals surface area contributed by atoms with E-state index in [0.29, 0.717) is 11.3 Å². The summed E-state index contributed by atoms with van der Waals surface area (Å²) in [6.45, 7) is 0. The number of nitrogens with zero attached hydrogens (tertiary/aromatic N) is 2. The predicted octanol–water partition coefficient (Wildman–Crippen LogP) is 2.97. The van der Waals surface area contributed by atoms with Crippen LogP contribution in [-0.2, 0) is 0 Å². The van der Waals surface area contributed by atoms with Crippen molar-refractivity contribution in [1.29, 1.82) is 0 Å². The molecule has 0 aliphatic carbocycles. The zero-order valence-electron chi connectivity index (χ0n) is 12.8. The number of carbonyl (C=O) groups excluding carboxylic acids is 1. The molecule has 2 aromatic carbocycles. The number of carbonyl (C=O) groups is 1. The van der Waals surface area contributed by atoms with E-state index >= 15 is 0 Å². The fraction of sp³-hybridized carbons (Fsp3) is 0. The minimum absolute atomic E-state index is 0.107. The largest absolute Gasteiger partial charge is 0.508 e. The number of hydrogen-bond donors (Lipinski definition) is 2. The van der Waals surface area contributed by atoms with Crippen molar-refractivity contribution in [3.05, 3.63) is 95.8 Å². The molecular weight excluding hydrogens is 302 g/mol. The molecule has 1 heterocycles. The van der Waals surface area contributed by atoms with Gasteiger partial charge in [-0.1, -0.05) is 30.3 Å². The molecule has 3 aromatic rings. The van der Waals surface area contributed by atoms with E-state index in [4.69, 9.17) is 0 Å². The van der Waals surface area contributed by atoms with E-state index in [1.54, 1.807) is 12.4 Å². The molecule has 24 heavy (non-hydrogen) atoms. The van der Waals surface area contributed by atoms with Crippen molar-refractivity contribution in [2.75, 3.05) is 0 Å². The molecule has 0 bridgehead atoms. The Labute approximate surface area is 139 Å². The van der Waals surface area contributed by atoms with Crippen LogP contribution >= 0.6 is 0 Å². The maximum absolute atomic E-state index is 12.2. The summed E-state index contributed by atoms with van der Waals surface area (Å²) in [5.74, 6) is -0.247. The molecule has 0 saturated heterocycles. The molecule has 0 spiro atoms. The number of nitrogens with one attached hydrogen (secondary N) is 1. The summed E-state index contributed by atoms with van der Waals surface area (Å²) in [6.07, 6.45) is 3.37. The summed E-state index contributed by atoms with van der Waals surface area (Å²) in [4.78, 5) is 16.3. The van der Waals surface area contributed by atoms with Gasteiger partial charge in [0.05, 0.1) is 5.71 Å². The average molecular weight is 317 g/mol. The molecule has 1 amide bonds. The number of pyridine rings is 1. The number of phenolic OH excluding ortho intramolecular Hbond substituents is 1. The standard InChI is InChI=1S/C19H15N3O2/c23-17-10-8-15(9-11-17)19(24)22-21-18(14-5-2-1-3-6-14)16-7-4-12-20-13-16/h1-13,23H,(H,22,24). The van der Waals surface area contributed by atoms with Gasteiger partial charge < -0.3 is 5.11 Å². The second-order valence-electron chi connectivity index (χ2n) is 5.06. The Morgan fingerprint density at radius 1 is 0.875 bits per heavy atom. The predicted molar refractivity (Wildman–Crippen MR) is 91.9 cm³/mol. The van der Waals surface area contributed by atoms with Crippen LogP contribution in [0, 0.1) is 0 Å². The Hall–Kier alpha value is -3.47. The summed E-state index contributed by atoms with van der Waals surface area (Å²) < 4.78 is 0. The molecule has 5 nitrogen and oxygen atoms in total. The molecule has 2 N–H and O–H groups in total. The summed E-state index contributed by atoms with van der Waals surface area (Å²) in [6, 6.07) is 19.2. The van der Waals surface area contributed by atoms with Crippen LogP contribution in [-0.4, -0.2) is 21.7 Å². The fourth-order valence-corrected chi connectivity index (χ4v) is 2.18. The number of hydrogen-bond acceptors (Lipinski definition) is 4. The third kappa shape index (κ3) is 3.64. The average Bonchev–Trinajstić information content (AvgIpc) is 2.64. The molecule has 5 heteroatoms. The molecule has 0 fully saturated rings. The van der Waals surface area contributed by atoms with E-state index < -0.39 is 0 Å². The van der Waals surface area contributed by atoms with Crippen LogP contribution in [0.5, 0.6) is 5.75 Å². The molecule has 3 rings (SSSR count). The number of aromatic nitrogens is 1.